The topological polar surface area (TPSA) is 24.5 Å². The standard InChI is InChI=1S/C14H28N2O/c1-12-8-16(9-13(2)17-12)11-14(10-15-3)6-4-5-7-14/h12-13,15H,4-11H2,1-3H3/t12-,13+. The molecule has 2 rings (SSSR count). The number of hydrogen-bond donors (Lipinski definition) is 1. The van der Waals surface area contributed by atoms with Crippen LogP contribution in [0.3, 0.4) is 0 Å². The predicted molar refractivity (Wildman–Crippen MR) is 71.3 cm³/mol. The van der Waals surface area contributed by atoms with Crippen LogP contribution in [0.5, 0.6) is 0 Å². The molecule has 0 aromatic rings. The highest BCUT2D eigenvalue weighted by Gasteiger charge is 2.36. The number of morpholine rings is 1. The van der Waals surface area contributed by atoms with E-state index in [1.165, 1.54) is 38.8 Å². The zero-order valence-corrected chi connectivity index (χ0v) is 11.7. The first-order chi connectivity index (χ1) is 8.13. The number of ether oxygens (including phenoxy) is 1. The molecule has 0 unspecified atom stereocenters. The summed E-state index contributed by atoms with van der Waals surface area (Å²) in [5.41, 5.74) is 0.533. The van der Waals surface area contributed by atoms with Gasteiger partial charge in [-0.1, -0.05) is 12.8 Å². The lowest BCUT2D eigenvalue weighted by Gasteiger charge is -2.41. The minimum Gasteiger partial charge on any atom is -0.373 e. The third kappa shape index (κ3) is 3.43. The Kier molecular flexibility index (Phi) is 4.45. The van der Waals surface area contributed by atoms with Gasteiger partial charge in [-0.05, 0) is 39.2 Å². The first-order valence-electron chi connectivity index (χ1n) is 7.16. The van der Waals surface area contributed by atoms with E-state index in [2.05, 4.69) is 31.1 Å². The van der Waals surface area contributed by atoms with Crippen LogP contribution in [0.2, 0.25) is 0 Å². The largest absolute Gasteiger partial charge is 0.373 e. The van der Waals surface area contributed by atoms with Crippen molar-refractivity contribution in [1.29, 1.82) is 0 Å². The van der Waals surface area contributed by atoms with Crippen LogP contribution in [0.4, 0.5) is 0 Å². The average molecular weight is 240 g/mol. The molecule has 0 amide bonds. The molecule has 0 spiro atoms. The Hall–Kier alpha value is -0.120. The van der Waals surface area contributed by atoms with Crippen LogP contribution in [0, 0.1) is 5.41 Å². The maximum Gasteiger partial charge on any atom is 0.0678 e. The molecule has 1 aliphatic heterocycles. The zero-order valence-electron chi connectivity index (χ0n) is 11.7. The quantitative estimate of drug-likeness (QED) is 0.812. The highest BCUT2D eigenvalue weighted by atomic mass is 16.5. The minimum atomic E-state index is 0.395. The van der Waals surface area contributed by atoms with Gasteiger partial charge in [-0.3, -0.25) is 4.90 Å². The summed E-state index contributed by atoms with van der Waals surface area (Å²) in [4.78, 5) is 2.63. The van der Waals surface area contributed by atoms with Gasteiger partial charge in [0.2, 0.25) is 0 Å². The summed E-state index contributed by atoms with van der Waals surface area (Å²) in [6.07, 6.45) is 6.41. The van der Waals surface area contributed by atoms with Gasteiger partial charge in [-0.2, -0.15) is 0 Å². The molecule has 1 saturated carbocycles. The van der Waals surface area contributed by atoms with Gasteiger partial charge in [0.05, 0.1) is 12.2 Å². The first kappa shape index (κ1) is 13.3. The van der Waals surface area contributed by atoms with Crippen molar-refractivity contribution < 1.29 is 4.74 Å². The van der Waals surface area contributed by atoms with Gasteiger partial charge < -0.3 is 10.1 Å². The Morgan fingerprint density at radius 1 is 1.18 bits per heavy atom. The summed E-state index contributed by atoms with van der Waals surface area (Å²) in [5, 5.41) is 3.40. The molecule has 0 aromatic carbocycles. The summed E-state index contributed by atoms with van der Waals surface area (Å²) in [6, 6.07) is 0. The van der Waals surface area contributed by atoms with Crippen LogP contribution >= 0.6 is 0 Å². The van der Waals surface area contributed by atoms with E-state index in [1.807, 2.05) is 0 Å². The number of rotatable bonds is 4. The van der Waals surface area contributed by atoms with E-state index in [0.29, 0.717) is 17.6 Å². The molecule has 1 saturated heterocycles. The number of nitrogens with one attached hydrogen (secondary N) is 1. The molecule has 3 heteroatoms. The van der Waals surface area contributed by atoms with Crippen LogP contribution < -0.4 is 5.32 Å². The minimum absolute atomic E-state index is 0.395. The van der Waals surface area contributed by atoms with Crippen LogP contribution in [0.15, 0.2) is 0 Å². The SMILES string of the molecule is CNCC1(CN2C[C@@H](C)O[C@@H](C)C2)CCCC1. The van der Waals surface area contributed by atoms with E-state index in [-0.39, 0.29) is 0 Å². The van der Waals surface area contributed by atoms with Crippen molar-refractivity contribution >= 4 is 0 Å². The Bertz CT molecular complexity index is 228. The fourth-order valence-corrected chi connectivity index (χ4v) is 3.78. The Morgan fingerprint density at radius 2 is 1.76 bits per heavy atom. The van der Waals surface area contributed by atoms with E-state index < -0.39 is 0 Å². The Morgan fingerprint density at radius 3 is 2.29 bits per heavy atom. The predicted octanol–water partition coefficient (Wildman–Crippen LogP) is 1.88. The normalized spacial score (nSPS) is 34.1. The average Bonchev–Trinajstić information content (AvgIpc) is 2.65. The van der Waals surface area contributed by atoms with Crippen molar-refractivity contribution in [3.8, 4) is 0 Å². The van der Waals surface area contributed by atoms with Crippen molar-refractivity contribution in [3.63, 3.8) is 0 Å². The second-order valence-corrected chi connectivity index (χ2v) is 6.19. The van der Waals surface area contributed by atoms with Gasteiger partial charge in [0, 0.05) is 26.2 Å². The molecule has 100 valence electrons. The molecule has 0 aromatic heterocycles. The van der Waals surface area contributed by atoms with Gasteiger partial charge in [0.25, 0.3) is 0 Å². The van der Waals surface area contributed by atoms with E-state index in [0.717, 1.165) is 13.1 Å². The van der Waals surface area contributed by atoms with Gasteiger partial charge in [0.1, 0.15) is 0 Å². The lowest BCUT2D eigenvalue weighted by atomic mass is 9.85. The molecular weight excluding hydrogens is 212 g/mol. The molecule has 2 atom stereocenters. The van der Waals surface area contributed by atoms with Crippen molar-refractivity contribution in [3.05, 3.63) is 0 Å². The lowest BCUT2D eigenvalue weighted by molar-refractivity contribution is -0.0773. The molecule has 3 nitrogen and oxygen atoms in total. The van der Waals surface area contributed by atoms with Gasteiger partial charge in [-0.25, -0.2) is 0 Å². The third-order valence-electron chi connectivity index (χ3n) is 4.27. The fraction of sp³-hybridized carbons (Fsp3) is 1.00. The molecular formula is C14H28N2O. The highest BCUT2D eigenvalue weighted by molar-refractivity contribution is 4.90. The summed E-state index contributed by atoms with van der Waals surface area (Å²) < 4.78 is 5.82. The molecule has 0 radical (unpaired) electrons. The van der Waals surface area contributed by atoms with E-state index in [4.69, 9.17) is 4.74 Å². The van der Waals surface area contributed by atoms with Crippen molar-refractivity contribution in [1.82, 2.24) is 10.2 Å². The molecule has 1 heterocycles. The molecule has 17 heavy (non-hydrogen) atoms. The summed E-state index contributed by atoms with van der Waals surface area (Å²) >= 11 is 0. The first-order valence-corrected chi connectivity index (χ1v) is 7.16. The molecule has 2 aliphatic rings. The molecule has 1 N–H and O–H groups in total. The maximum absolute atomic E-state index is 5.82. The van der Waals surface area contributed by atoms with E-state index >= 15 is 0 Å². The summed E-state index contributed by atoms with van der Waals surface area (Å²) in [6.45, 7) is 9.04. The second-order valence-electron chi connectivity index (χ2n) is 6.19. The fourth-order valence-electron chi connectivity index (χ4n) is 3.78. The molecule has 1 aliphatic carbocycles. The van der Waals surface area contributed by atoms with E-state index in [9.17, 15) is 0 Å². The highest BCUT2D eigenvalue weighted by Crippen LogP contribution is 2.38. The van der Waals surface area contributed by atoms with Gasteiger partial charge in [0.15, 0.2) is 0 Å². The van der Waals surface area contributed by atoms with Crippen LogP contribution in [0.25, 0.3) is 0 Å². The number of hydrogen-bond acceptors (Lipinski definition) is 3. The second kappa shape index (κ2) is 5.68. The van der Waals surface area contributed by atoms with Crippen LogP contribution in [0.1, 0.15) is 39.5 Å². The smallest absolute Gasteiger partial charge is 0.0678 e. The number of nitrogens with zero attached hydrogens (tertiary/aromatic N) is 1. The van der Waals surface area contributed by atoms with E-state index in [1.54, 1.807) is 0 Å². The van der Waals surface area contributed by atoms with Crippen molar-refractivity contribution in [2.24, 2.45) is 5.41 Å². The van der Waals surface area contributed by atoms with Crippen LogP contribution in [-0.2, 0) is 4.74 Å². The molecule has 0 bridgehead atoms. The van der Waals surface area contributed by atoms with Crippen LogP contribution in [-0.4, -0.2) is 50.3 Å². The Labute approximate surface area is 106 Å². The summed E-state index contributed by atoms with van der Waals surface area (Å²) in [7, 11) is 2.09. The zero-order chi connectivity index (χ0) is 12.3. The Balaban J connectivity index is 1.93. The van der Waals surface area contributed by atoms with Gasteiger partial charge in [-0.15, -0.1) is 0 Å². The summed E-state index contributed by atoms with van der Waals surface area (Å²) in [5.74, 6) is 0. The monoisotopic (exact) mass is 240 g/mol. The maximum atomic E-state index is 5.82. The molecule has 2 fully saturated rings. The third-order valence-corrected chi connectivity index (χ3v) is 4.27. The van der Waals surface area contributed by atoms with Crippen molar-refractivity contribution in [2.45, 2.75) is 51.7 Å². The lowest BCUT2D eigenvalue weighted by Crippen LogP contribution is -2.50. The van der Waals surface area contributed by atoms with Crippen molar-refractivity contribution in [2.75, 3.05) is 33.2 Å². The van der Waals surface area contributed by atoms with Gasteiger partial charge >= 0.3 is 0 Å².